The predicted molar refractivity (Wildman–Crippen MR) is 53.9 cm³/mol. The van der Waals surface area contributed by atoms with Gasteiger partial charge in [0.25, 0.3) is 0 Å². The van der Waals surface area contributed by atoms with E-state index in [1.165, 1.54) is 24.1 Å². The third-order valence-corrected chi connectivity index (χ3v) is 1.96. The zero-order valence-electron chi connectivity index (χ0n) is 8.25. The van der Waals surface area contributed by atoms with Crippen LogP contribution >= 0.6 is 0 Å². The van der Waals surface area contributed by atoms with Crippen LogP contribution in [0.2, 0.25) is 0 Å². The molecule has 14 heavy (non-hydrogen) atoms. The standard InChI is InChI=1S/C9H11N.C2H4O2/c1-2-6-9-8(4-1)5-3-7-10-9;1-2(3)4/h1-2,4,6,10H,3,5,7H2;1H3,(H,3,4)/p-1. The number of aryl methyl sites for hydroxylation is 1. The lowest BCUT2D eigenvalue weighted by Crippen LogP contribution is -2.16. The van der Waals surface area contributed by atoms with Gasteiger partial charge in [-0.2, -0.15) is 0 Å². The molecule has 1 aliphatic rings. The second-order valence-electron chi connectivity index (χ2n) is 3.18. The van der Waals surface area contributed by atoms with Gasteiger partial charge in [-0.1, -0.05) is 18.2 Å². The van der Waals surface area contributed by atoms with E-state index in [0.29, 0.717) is 0 Å². The fourth-order valence-corrected chi connectivity index (χ4v) is 1.41. The first-order chi connectivity index (χ1) is 6.70. The number of para-hydroxylation sites is 1. The van der Waals surface area contributed by atoms with Crippen LogP contribution in [0.5, 0.6) is 0 Å². The summed E-state index contributed by atoms with van der Waals surface area (Å²) in [4.78, 5) is 8.89. The fourth-order valence-electron chi connectivity index (χ4n) is 1.41. The number of carbonyl (C=O) groups excluding carboxylic acids is 1. The molecule has 0 unspecified atom stereocenters. The second-order valence-corrected chi connectivity index (χ2v) is 3.18. The van der Waals surface area contributed by atoms with Gasteiger partial charge in [0, 0.05) is 18.2 Å². The molecule has 0 fully saturated rings. The van der Waals surface area contributed by atoms with Crippen molar-refractivity contribution in [1.29, 1.82) is 0 Å². The third-order valence-electron chi connectivity index (χ3n) is 1.96. The molecule has 3 heteroatoms. The molecule has 0 aromatic heterocycles. The second kappa shape index (κ2) is 5.27. The summed E-state index contributed by atoms with van der Waals surface area (Å²) < 4.78 is 0. The van der Waals surface area contributed by atoms with Crippen molar-refractivity contribution in [3.8, 4) is 0 Å². The predicted octanol–water partition coefficient (Wildman–Crippen LogP) is 0.801. The number of hydrogen-bond acceptors (Lipinski definition) is 3. The van der Waals surface area contributed by atoms with E-state index in [0.717, 1.165) is 13.5 Å². The normalized spacial score (nSPS) is 12.9. The number of aliphatic carboxylic acids is 1. The van der Waals surface area contributed by atoms with Crippen LogP contribution in [0.3, 0.4) is 0 Å². The number of benzene rings is 1. The SMILES string of the molecule is CC(=O)[O-].c1ccc2c(c1)CCCN2. The van der Waals surface area contributed by atoms with E-state index in [1.807, 2.05) is 0 Å². The van der Waals surface area contributed by atoms with Crippen molar-refractivity contribution in [3.63, 3.8) is 0 Å². The van der Waals surface area contributed by atoms with Crippen molar-refractivity contribution in [2.24, 2.45) is 0 Å². The van der Waals surface area contributed by atoms with Crippen molar-refractivity contribution in [1.82, 2.24) is 0 Å². The highest BCUT2D eigenvalue weighted by Crippen LogP contribution is 2.19. The topological polar surface area (TPSA) is 52.2 Å². The van der Waals surface area contributed by atoms with E-state index < -0.39 is 5.97 Å². The molecule has 0 spiro atoms. The Morgan fingerprint density at radius 2 is 2.07 bits per heavy atom. The summed E-state index contributed by atoms with van der Waals surface area (Å²) in [5.74, 6) is -1.08. The van der Waals surface area contributed by atoms with Gasteiger partial charge < -0.3 is 15.2 Å². The maximum absolute atomic E-state index is 8.89. The molecule has 2 rings (SSSR count). The molecule has 0 bridgehead atoms. The molecule has 0 atom stereocenters. The molecule has 1 N–H and O–H groups in total. The summed E-state index contributed by atoms with van der Waals surface area (Å²) >= 11 is 0. The summed E-state index contributed by atoms with van der Waals surface area (Å²) in [5.41, 5.74) is 2.79. The Bertz CT molecular complexity index is 281. The summed E-state index contributed by atoms with van der Waals surface area (Å²) in [7, 11) is 0. The molecule has 1 aromatic rings. The maximum atomic E-state index is 8.89. The Morgan fingerprint density at radius 1 is 1.43 bits per heavy atom. The maximum Gasteiger partial charge on any atom is 0.0383 e. The van der Waals surface area contributed by atoms with Crippen LogP contribution < -0.4 is 10.4 Å². The van der Waals surface area contributed by atoms with Gasteiger partial charge in [0.2, 0.25) is 0 Å². The number of carboxylic acid groups (broad SMARTS) is 1. The van der Waals surface area contributed by atoms with E-state index in [-0.39, 0.29) is 0 Å². The summed E-state index contributed by atoms with van der Waals surface area (Å²) in [6, 6.07) is 8.53. The number of rotatable bonds is 0. The van der Waals surface area contributed by atoms with E-state index in [2.05, 4.69) is 29.6 Å². The molecule has 0 amide bonds. The monoisotopic (exact) mass is 192 g/mol. The van der Waals surface area contributed by atoms with Crippen molar-refractivity contribution in [2.45, 2.75) is 19.8 Å². The Kier molecular flexibility index (Phi) is 3.98. The largest absolute Gasteiger partial charge is 0.550 e. The molecule has 76 valence electrons. The Hall–Kier alpha value is -1.51. The van der Waals surface area contributed by atoms with Crippen LogP contribution in [-0.4, -0.2) is 12.5 Å². The molecule has 3 nitrogen and oxygen atoms in total. The van der Waals surface area contributed by atoms with Gasteiger partial charge in [-0.05, 0) is 31.4 Å². The smallest absolute Gasteiger partial charge is 0.0383 e. The first-order valence-electron chi connectivity index (χ1n) is 4.69. The lowest BCUT2D eigenvalue weighted by Gasteiger charge is -2.16. The lowest BCUT2D eigenvalue weighted by molar-refractivity contribution is -0.302. The average molecular weight is 192 g/mol. The van der Waals surface area contributed by atoms with Crippen molar-refractivity contribution in [3.05, 3.63) is 29.8 Å². The summed E-state index contributed by atoms with van der Waals surface area (Å²) in [6.07, 6.45) is 2.51. The van der Waals surface area contributed by atoms with Gasteiger partial charge in [0.05, 0.1) is 0 Å². The van der Waals surface area contributed by atoms with Gasteiger partial charge in [0.1, 0.15) is 0 Å². The molecule has 1 heterocycles. The average Bonchev–Trinajstić information content (AvgIpc) is 2.17. The van der Waals surface area contributed by atoms with E-state index in [4.69, 9.17) is 9.90 Å². The Labute approximate surface area is 83.8 Å². The zero-order valence-corrected chi connectivity index (χ0v) is 8.25. The van der Waals surface area contributed by atoms with Gasteiger partial charge in [-0.3, -0.25) is 0 Å². The van der Waals surface area contributed by atoms with Crippen molar-refractivity contribution in [2.75, 3.05) is 11.9 Å². The molecule has 0 saturated heterocycles. The molecule has 1 aromatic carbocycles. The Morgan fingerprint density at radius 3 is 2.71 bits per heavy atom. The zero-order chi connectivity index (χ0) is 10.4. The minimum atomic E-state index is -1.08. The molecule has 0 saturated carbocycles. The molecule has 0 aliphatic carbocycles. The summed E-state index contributed by atoms with van der Waals surface area (Å²) in [6.45, 7) is 2.11. The van der Waals surface area contributed by atoms with Gasteiger partial charge >= 0.3 is 0 Å². The highest BCUT2D eigenvalue weighted by Gasteiger charge is 2.04. The highest BCUT2D eigenvalue weighted by atomic mass is 16.4. The first-order valence-corrected chi connectivity index (χ1v) is 4.69. The minimum Gasteiger partial charge on any atom is -0.550 e. The number of anilines is 1. The van der Waals surface area contributed by atoms with E-state index in [9.17, 15) is 0 Å². The summed E-state index contributed by atoms with van der Waals surface area (Å²) in [5, 5.41) is 12.3. The lowest BCUT2D eigenvalue weighted by atomic mass is 10.0. The van der Waals surface area contributed by atoms with Gasteiger partial charge in [-0.15, -0.1) is 0 Å². The van der Waals surface area contributed by atoms with Gasteiger partial charge in [-0.25, -0.2) is 0 Å². The van der Waals surface area contributed by atoms with Crippen molar-refractivity contribution >= 4 is 11.7 Å². The van der Waals surface area contributed by atoms with E-state index in [1.54, 1.807) is 0 Å². The molecular weight excluding hydrogens is 178 g/mol. The first kappa shape index (κ1) is 10.6. The fraction of sp³-hybridized carbons (Fsp3) is 0.364. The number of hydrogen-bond donors (Lipinski definition) is 1. The van der Waals surface area contributed by atoms with Gasteiger partial charge in [0.15, 0.2) is 0 Å². The third kappa shape index (κ3) is 3.47. The quantitative estimate of drug-likeness (QED) is 0.661. The molecular formula is C11H14NO2-. The molecule has 0 radical (unpaired) electrons. The Balaban J connectivity index is 0.000000213. The van der Waals surface area contributed by atoms with Crippen molar-refractivity contribution < 1.29 is 9.90 Å². The minimum absolute atomic E-state index is 0.972. The number of nitrogens with one attached hydrogen (secondary N) is 1. The van der Waals surface area contributed by atoms with E-state index >= 15 is 0 Å². The van der Waals surface area contributed by atoms with Crippen LogP contribution in [0.4, 0.5) is 5.69 Å². The van der Waals surface area contributed by atoms with Crippen LogP contribution in [0.1, 0.15) is 18.9 Å². The van der Waals surface area contributed by atoms with Crippen LogP contribution in [0.25, 0.3) is 0 Å². The number of carboxylic acids is 1. The molecule has 1 aliphatic heterocycles. The van der Waals surface area contributed by atoms with Crippen LogP contribution in [0, 0.1) is 0 Å². The van der Waals surface area contributed by atoms with Crippen LogP contribution in [0.15, 0.2) is 24.3 Å². The van der Waals surface area contributed by atoms with Crippen LogP contribution in [-0.2, 0) is 11.2 Å². The number of fused-ring (bicyclic) bond motifs is 1. The highest BCUT2D eigenvalue weighted by molar-refractivity contribution is 5.60. The number of carbonyl (C=O) groups is 1.